The van der Waals surface area contributed by atoms with E-state index < -0.39 is 0 Å². The molecule has 1 aliphatic carbocycles. The number of rotatable bonds is 3. The smallest absolute Gasteiger partial charge is 0.182 e. The molecule has 2 N–H and O–H groups in total. The van der Waals surface area contributed by atoms with Crippen molar-refractivity contribution < 1.29 is 0 Å². The number of hydrogen-bond donors (Lipinski definition) is 1. The molecule has 1 heterocycles. The number of hydrogen-bond acceptors (Lipinski definition) is 4. The number of tetrazole rings is 1. The summed E-state index contributed by atoms with van der Waals surface area (Å²) < 4.78 is 2.01. The van der Waals surface area contributed by atoms with Gasteiger partial charge in [-0.05, 0) is 72.7 Å². The van der Waals surface area contributed by atoms with E-state index in [0.717, 1.165) is 28.6 Å². The minimum Gasteiger partial charge on any atom is -0.399 e. The summed E-state index contributed by atoms with van der Waals surface area (Å²) in [6.45, 7) is 4.30. The summed E-state index contributed by atoms with van der Waals surface area (Å²) in [5.74, 6) is 1.73. The first-order valence-electron chi connectivity index (χ1n) is 7.83. The van der Waals surface area contributed by atoms with Crippen molar-refractivity contribution in [1.82, 2.24) is 20.2 Å². The molecule has 2 aromatic rings. The van der Waals surface area contributed by atoms with Gasteiger partial charge in [-0.2, -0.15) is 0 Å². The van der Waals surface area contributed by atoms with Crippen LogP contribution >= 0.6 is 0 Å². The van der Waals surface area contributed by atoms with Gasteiger partial charge in [0.05, 0.1) is 6.04 Å². The van der Waals surface area contributed by atoms with Gasteiger partial charge in [-0.15, -0.1) is 5.10 Å². The summed E-state index contributed by atoms with van der Waals surface area (Å²) in [5, 5.41) is 12.4. The molecule has 21 heavy (non-hydrogen) atoms. The molecule has 112 valence electrons. The summed E-state index contributed by atoms with van der Waals surface area (Å²) in [4.78, 5) is 0. The molecule has 5 nitrogen and oxygen atoms in total. The fourth-order valence-corrected chi connectivity index (χ4v) is 3.24. The lowest BCUT2D eigenvalue weighted by molar-refractivity contribution is 0.255. The Balaban J connectivity index is 1.85. The van der Waals surface area contributed by atoms with Crippen LogP contribution in [0.5, 0.6) is 0 Å². The number of nitrogen functional groups attached to an aromatic ring is 1. The largest absolute Gasteiger partial charge is 0.399 e. The third-order valence-electron chi connectivity index (χ3n) is 4.76. The van der Waals surface area contributed by atoms with Gasteiger partial charge in [0.2, 0.25) is 0 Å². The summed E-state index contributed by atoms with van der Waals surface area (Å²) >= 11 is 0. The van der Waals surface area contributed by atoms with E-state index in [-0.39, 0.29) is 0 Å². The van der Waals surface area contributed by atoms with Crippen molar-refractivity contribution >= 4 is 5.69 Å². The fraction of sp³-hybridized carbons (Fsp3) is 0.562. The van der Waals surface area contributed by atoms with Gasteiger partial charge < -0.3 is 5.73 Å². The second-order valence-corrected chi connectivity index (χ2v) is 6.10. The van der Waals surface area contributed by atoms with Crippen molar-refractivity contribution in [3.8, 4) is 11.4 Å². The third kappa shape index (κ3) is 2.77. The highest BCUT2D eigenvalue weighted by Crippen LogP contribution is 2.35. The van der Waals surface area contributed by atoms with E-state index in [4.69, 9.17) is 5.73 Å². The molecule has 0 saturated heterocycles. The second-order valence-electron chi connectivity index (χ2n) is 6.10. The Kier molecular flexibility index (Phi) is 3.90. The highest BCUT2D eigenvalue weighted by molar-refractivity contribution is 5.61. The van der Waals surface area contributed by atoms with E-state index >= 15 is 0 Å². The molecule has 1 aromatic carbocycles. The molecule has 5 heteroatoms. The first-order chi connectivity index (χ1) is 10.2. The zero-order valence-electron chi connectivity index (χ0n) is 12.8. The predicted molar refractivity (Wildman–Crippen MR) is 83.7 cm³/mol. The Labute approximate surface area is 125 Å². The maximum Gasteiger partial charge on any atom is 0.182 e. The highest BCUT2D eigenvalue weighted by Gasteiger charge is 2.24. The number of anilines is 1. The van der Waals surface area contributed by atoms with Crippen molar-refractivity contribution in [3.05, 3.63) is 23.8 Å². The van der Waals surface area contributed by atoms with Crippen LogP contribution < -0.4 is 5.73 Å². The van der Waals surface area contributed by atoms with E-state index in [1.807, 2.05) is 23.7 Å². The van der Waals surface area contributed by atoms with Gasteiger partial charge in [0.1, 0.15) is 0 Å². The molecule has 0 atom stereocenters. The minimum atomic E-state index is 0.427. The molecule has 0 bridgehead atoms. The van der Waals surface area contributed by atoms with E-state index in [0.29, 0.717) is 6.04 Å². The summed E-state index contributed by atoms with van der Waals surface area (Å²) in [5.41, 5.74) is 8.81. The highest BCUT2D eigenvalue weighted by atomic mass is 15.5. The van der Waals surface area contributed by atoms with Gasteiger partial charge in [0.25, 0.3) is 0 Å². The quantitative estimate of drug-likeness (QED) is 0.878. The normalized spacial score (nSPS) is 22.4. The van der Waals surface area contributed by atoms with Crippen molar-refractivity contribution in [3.63, 3.8) is 0 Å². The van der Waals surface area contributed by atoms with Gasteiger partial charge in [-0.3, -0.25) is 0 Å². The fourth-order valence-electron chi connectivity index (χ4n) is 3.24. The van der Waals surface area contributed by atoms with Gasteiger partial charge in [-0.1, -0.05) is 13.3 Å². The standard InChI is InChI=1S/C16H23N5/c1-3-12-4-7-14(8-5-12)21-16(18-19-20-21)13-6-9-15(17)11(2)10-13/h6,9-10,12,14H,3-5,7-8,17H2,1-2H3. The molecule has 1 aromatic heterocycles. The van der Waals surface area contributed by atoms with E-state index in [9.17, 15) is 0 Å². The van der Waals surface area contributed by atoms with Crippen LogP contribution in [0.2, 0.25) is 0 Å². The summed E-state index contributed by atoms with van der Waals surface area (Å²) in [6.07, 6.45) is 6.18. The monoisotopic (exact) mass is 285 g/mol. The van der Waals surface area contributed by atoms with Crippen LogP contribution in [0.3, 0.4) is 0 Å². The maximum atomic E-state index is 5.90. The average Bonchev–Trinajstić information content (AvgIpc) is 2.99. The molecule has 1 fully saturated rings. The Hall–Kier alpha value is -1.91. The SMILES string of the molecule is CCC1CCC(n2nnnc2-c2ccc(N)c(C)c2)CC1. The molecule has 0 amide bonds. The molecule has 0 spiro atoms. The Morgan fingerprint density at radius 2 is 2.00 bits per heavy atom. The van der Waals surface area contributed by atoms with Crippen LogP contribution in [0.15, 0.2) is 18.2 Å². The lowest BCUT2D eigenvalue weighted by atomic mass is 9.84. The maximum absolute atomic E-state index is 5.90. The molecule has 1 aliphatic rings. The van der Waals surface area contributed by atoms with Gasteiger partial charge in [0, 0.05) is 11.3 Å². The summed E-state index contributed by atoms with van der Waals surface area (Å²) in [7, 11) is 0. The zero-order valence-corrected chi connectivity index (χ0v) is 12.8. The van der Waals surface area contributed by atoms with Crippen LogP contribution in [0.1, 0.15) is 50.6 Å². The number of nitrogens with two attached hydrogens (primary N) is 1. The molecular formula is C16H23N5. The molecule has 0 unspecified atom stereocenters. The zero-order chi connectivity index (χ0) is 14.8. The number of aryl methyl sites for hydroxylation is 1. The Bertz CT molecular complexity index is 611. The summed E-state index contributed by atoms with van der Waals surface area (Å²) in [6, 6.07) is 6.42. The van der Waals surface area contributed by atoms with Gasteiger partial charge in [-0.25, -0.2) is 4.68 Å². The average molecular weight is 285 g/mol. The van der Waals surface area contributed by atoms with Crippen LogP contribution in [0.4, 0.5) is 5.69 Å². The first-order valence-corrected chi connectivity index (χ1v) is 7.83. The molecule has 3 rings (SSSR count). The number of nitrogens with zero attached hydrogens (tertiary/aromatic N) is 4. The van der Waals surface area contributed by atoms with Crippen LogP contribution in [0, 0.1) is 12.8 Å². The molecular weight excluding hydrogens is 262 g/mol. The van der Waals surface area contributed by atoms with Crippen molar-refractivity contribution in [2.75, 3.05) is 5.73 Å². The third-order valence-corrected chi connectivity index (χ3v) is 4.76. The Morgan fingerprint density at radius 1 is 1.24 bits per heavy atom. The lowest BCUT2D eigenvalue weighted by Gasteiger charge is -2.28. The number of benzene rings is 1. The molecule has 0 aliphatic heterocycles. The second kappa shape index (κ2) is 5.84. The predicted octanol–water partition coefficient (Wildman–Crippen LogP) is 3.37. The van der Waals surface area contributed by atoms with E-state index in [1.165, 1.54) is 32.1 Å². The van der Waals surface area contributed by atoms with Crippen molar-refractivity contribution in [2.45, 2.75) is 52.0 Å². The van der Waals surface area contributed by atoms with Crippen LogP contribution in [0.25, 0.3) is 11.4 Å². The molecule has 1 saturated carbocycles. The Morgan fingerprint density at radius 3 is 2.67 bits per heavy atom. The minimum absolute atomic E-state index is 0.427. The lowest BCUT2D eigenvalue weighted by Crippen LogP contribution is -2.19. The molecule has 0 radical (unpaired) electrons. The van der Waals surface area contributed by atoms with E-state index in [1.54, 1.807) is 0 Å². The van der Waals surface area contributed by atoms with Gasteiger partial charge >= 0.3 is 0 Å². The van der Waals surface area contributed by atoms with Crippen LogP contribution in [-0.2, 0) is 0 Å². The van der Waals surface area contributed by atoms with Crippen LogP contribution in [-0.4, -0.2) is 20.2 Å². The number of aromatic nitrogens is 4. The van der Waals surface area contributed by atoms with E-state index in [2.05, 4.69) is 28.5 Å². The first kappa shape index (κ1) is 14.0. The van der Waals surface area contributed by atoms with Gasteiger partial charge in [0.15, 0.2) is 5.82 Å². The van der Waals surface area contributed by atoms with Crippen molar-refractivity contribution in [1.29, 1.82) is 0 Å². The topological polar surface area (TPSA) is 69.6 Å². The van der Waals surface area contributed by atoms with Crippen molar-refractivity contribution in [2.24, 2.45) is 5.92 Å².